The third-order valence-corrected chi connectivity index (χ3v) is 3.74. The van der Waals surface area contributed by atoms with Crippen molar-refractivity contribution in [1.29, 1.82) is 0 Å². The highest BCUT2D eigenvalue weighted by Gasteiger charge is 2.07. The van der Waals surface area contributed by atoms with Crippen LogP contribution in [0.5, 0.6) is 0 Å². The summed E-state index contributed by atoms with van der Waals surface area (Å²) >= 11 is 6.03. The molecule has 0 spiro atoms. The Balaban J connectivity index is 1.91. The highest BCUT2D eigenvalue weighted by molar-refractivity contribution is 6.31. The fourth-order valence-corrected chi connectivity index (χ4v) is 2.50. The molecule has 0 aliphatic carbocycles. The van der Waals surface area contributed by atoms with Crippen LogP contribution in [-0.4, -0.2) is 23.6 Å². The Morgan fingerprint density at radius 1 is 1.30 bits per heavy atom. The van der Waals surface area contributed by atoms with Gasteiger partial charge in [-0.05, 0) is 37.1 Å². The summed E-state index contributed by atoms with van der Waals surface area (Å²) in [4.78, 5) is 4.53. The summed E-state index contributed by atoms with van der Waals surface area (Å²) in [5, 5.41) is 6.84. The molecule has 124 valence electrons. The molecule has 0 unspecified atom stereocenters. The summed E-state index contributed by atoms with van der Waals surface area (Å²) in [5.41, 5.74) is 1.67. The van der Waals surface area contributed by atoms with Crippen LogP contribution < -0.4 is 10.6 Å². The lowest BCUT2D eigenvalue weighted by Crippen LogP contribution is -2.38. The second-order valence-electron chi connectivity index (χ2n) is 5.26. The molecule has 0 atom stereocenters. The second kappa shape index (κ2) is 8.58. The van der Waals surface area contributed by atoms with Crippen LogP contribution in [-0.2, 0) is 20.0 Å². The maximum absolute atomic E-state index is 13.7. The summed E-state index contributed by atoms with van der Waals surface area (Å²) in [6.45, 7) is 3.92. The Kier molecular flexibility index (Phi) is 6.47. The highest BCUT2D eigenvalue weighted by atomic mass is 35.5. The van der Waals surface area contributed by atoms with Gasteiger partial charge in [0.15, 0.2) is 5.96 Å². The Hall–Kier alpha value is -2.01. The fraction of sp³-hybridized carbons (Fsp3) is 0.353. The van der Waals surface area contributed by atoms with E-state index in [0.29, 0.717) is 36.1 Å². The standard InChI is InChI=1S/C17H22ClFN4/c1-3-20-17(22-11-13-8-10-23(2)12-13)21-9-7-14-15(18)5-4-6-16(14)19/h4-6,8,10,12H,3,7,9,11H2,1-2H3,(H2,20,21,22). The molecule has 0 aliphatic heterocycles. The first-order valence-electron chi connectivity index (χ1n) is 7.66. The van der Waals surface area contributed by atoms with E-state index in [4.69, 9.17) is 11.6 Å². The molecule has 0 amide bonds. The van der Waals surface area contributed by atoms with E-state index in [2.05, 4.69) is 15.6 Å². The van der Waals surface area contributed by atoms with Gasteiger partial charge in [0.25, 0.3) is 0 Å². The van der Waals surface area contributed by atoms with Gasteiger partial charge in [-0.2, -0.15) is 0 Å². The molecule has 0 saturated carbocycles. The Morgan fingerprint density at radius 2 is 2.13 bits per heavy atom. The minimum Gasteiger partial charge on any atom is -0.357 e. The maximum atomic E-state index is 13.7. The number of rotatable bonds is 6. The zero-order chi connectivity index (χ0) is 16.7. The molecule has 1 aromatic heterocycles. The highest BCUT2D eigenvalue weighted by Crippen LogP contribution is 2.18. The van der Waals surface area contributed by atoms with Crippen molar-refractivity contribution in [2.45, 2.75) is 19.9 Å². The topological polar surface area (TPSA) is 41.4 Å². The van der Waals surface area contributed by atoms with E-state index >= 15 is 0 Å². The molecular weight excluding hydrogens is 315 g/mol. The van der Waals surface area contributed by atoms with Gasteiger partial charge in [-0.3, -0.25) is 0 Å². The van der Waals surface area contributed by atoms with E-state index in [1.54, 1.807) is 12.1 Å². The van der Waals surface area contributed by atoms with Gasteiger partial charge < -0.3 is 15.2 Å². The molecule has 0 saturated heterocycles. The Labute approximate surface area is 141 Å². The number of guanidine groups is 1. The second-order valence-corrected chi connectivity index (χ2v) is 5.66. The normalized spacial score (nSPS) is 11.6. The number of aliphatic imine (C=N–C) groups is 1. The van der Waals surface area contributed by atoms with E-state index < -0.39 is 0 Å². The van der Waals surface area contributed by atoms with E-state index in [-0.39, 0.29) is 5.82 Å². The smallest absolute Gasteiger partial charge is 0.191 e. The molecule has 2 aromatic rings. The number of aryl methyl sites for hydroxylation is 1. The van der Waals surface area contributed by atoms with Crippen molar-refractivity contribution in [2.24, 2.45) is 12.0 Å². The molecule has 0 radical (unpaired) electrons. The first kappa shape index (κ1) is 17.3. The van der Waals surface area contributed by atoms with Gasteiger partial charge in [0.2, 0.25) is 0 Å². The number of nitrogens with zero attached hydrogens (tertiary/aromatic N) is 2. The molecule has 6 heteroatoms. The van der Waals surface area contributed by atoms with Crippen LogP contribution in [0, 0.1) is 5.82 Å². The molecule has 4 nitrogen and oxygen atoms in total. The van der Waals surface area contributed by atoms with Gasteiger partial charge >= 0.3 is 0 Å². The molecule has 23 heavy (non-hydrogen) atoms. The Morgan fingerprint density at radius 3 is 2.78 bits per heavy atom. The molecule has 2 N–H and O–H groups in total. The number of benzene rings is 1. The average Bonchev–Trinajstić information content (AvgIpc) is 2.93. The zero-order valence-corrected chi connectivity index (χ0v) is 14.2. The van der Waals surface area contributed by atoms with Crippen molar-refractivity contribution >= 4 is 17.6 Å². The Bertz CT molecular complexity index is 646. The number of hydrogen-bond acceptors (Lipinski definition) is 1. The number of nitrogens with one attached hydrogen (secondary N) is 2. The minimum atomic E-state index is -0.273. The SMILES string of the molecule is CCNC(=NCc1ccn(C)c1)NCCc1c(F)cccc1Cl. The van der Waals surface area contributed by atoms with Gasteiger partial charge in [0.05, 0.1) is 6.54 Å². The zero-order valence-electron chi connectivity index (χ0n) is 13.4. The third kappa shape index (κ3) is 5.28. The van der Waals surface area contributed by atoms with Crippen LogP contribution >= 0.6 is 11.6 Å². The average molecular weight is 337 g/mol. The number of aromatic nitrogens is 1. The lowest BCUT2D eigenvalue weighted by molar-refractivity contribution is 0.607. The molecule has 0 aliphatic rings. The van der Waals surface area contributed by atoms with Crippen LogP contribution in [0.15, 0.2) is 41.7 Å². The van der Waals surface area contributed by atoms with Crippen LogP contribution in [0.4, 0.5) is 4.39 Å². The lowest BCUT2D eigenvalue weighted by atomic mass is 10.1. The van der Waals surface area contributed by atoms with Crippen molar-refractivity contribution in [3.05, 3.63) is 58.6 Å². The first-order chi connectivity index (χ1) is 11.1. The van der Waals surface area contributed by atoms with Crippen molar-refractivity contribution in [3.8, 4) is 0 Å². The molecule has 1 aromatic carbocycles. The summed E-state index contributed by atoms with van der Waals surface area (Å²) in [6.07, 6.45) is 4.53. The predicted octanol–water partition coefficient (Wildman–Crippen LogP) is 3.12. The van der Waals surface area contributed by atoms with Crippen LogP contribution in [0.1, 0.15) is 18.1 Å². The fourth-order valence-electron chi connectivity index (χ4n) is 2.24. The van der Waals surface area contributed by atoms with Crippen molar-refractivity contribution < 1.29 is 4.39 Å². The van der Waals surface area contributed by atoms with E-state index in [1.165, 1.54) is 6.07 Å². The summed E-state index contributed by atoms with van der Waals surface area (Å²) < 4.78 is 15.7. The third-order valence-electron chi connectivity index (χ3n) is 3.39. The van der Waals surface area contributed by atoms with Gasteiger partial charge in [-0.15, -0.1) is 0 Å². The van der Waals surface area contributed by atoms with Crippen molar-refractivity contribution in [2.75, 3.05) is 13.1 Å². The molecule has 2 rings (SSSR count). The van der Waals surface area contributed by atoms with Crippen LogP contribution in [0.2, 0.25) is 5.02 Å². The van der Waals surface area contributed by atoms with Gasteiger partial charge in [-0.25, -0.2) is 9.38 Å². The number of halogens is 2. The van der Waals surface area contributed by atoms with Gasteiger partial charge in [0, 0.05) is 43.1 Å². The quantitative estimate of drug-likeness (QED) is 0.628. The molecular formula is C17H22ClFN4. The van der Waals surface area contributed by atoms with E-state index in [0.717, 1.165) is 12.1 Å². The monoisotopic (exact) mass is 336 g/mol. The van der Waals surface area contributed by atoms with Gasteiger partial charge in [-0.1, -0.05) is 17.7 Å². The predicted molar refractivity (Wildman–Crippen MR) is 93.3 cm³/mol. The molecule has 1 heterocycles. The van der Waals surface area contributed by atoms with E-state index in [9.17, 15) is 4.39 Å². The first-order valence-corrected chi connectivity index (χ1v) is 8.04. The number of hydrogen-bond donors (Lipinski definition) is 2. The van der Waals surface area contributed by atoms with E-state index in [1.807, 2.05) is 37.0 Å². The van der Waals surface area contributed by atoms with Crippen molar-refractivity contribution in [3.63, 3.8) is 0 Å². The van der Waals surface area contributed by atoms with Gasteiger partial charge in [0.1, 0.15) is 5.82 Å². The molecule has 0 fully saturated rings. The molecule has 0 bridgehead atoms. The van der Waals surface area contributed by atoms with Crippen molar-refractivity contribution in [1.82, 2.24) is 15.2 Å². The summed E-state index contributed by atoms with van der Waals surface area (Å²) in [6, 6.07) is 6.77. The summed E-state index contributed by atoms with van der Waals surface area (Å²) in [5.74, 6) is 0.439. The largest absolute Gasteiger partial charge is 0.357 e. The lowest BCUT2D eigenvalue weighted by Gasteiger charge is -2.12. The minimum absolute atomic E-state index is 0.273. The maximum Gasteiger partial charge on any atom is 0.191 e. The summed E-state index contributed by atoms with van der Waals surface area (Å²) in [7, 11) is 1.98. The van der Waals surface area contributed by atoms with Crippen LogP contribution in [0.3, 0.4) is 0 Å². The van der Waals surface area contributed by atoms with Crippen LogP contribution in [0.25, 0.3) is 0 Å².